The number of nitrogens with two attached hydrogens (primary N) is 1. The Morgan fingerprint density at radius 1 is 1.30 bits per heavy atom. The monoisotopic (exact) mass is 317 g/mol. The summed E-state index contributed by atoms with van der Waals surface area (Å²) < 4.78 is 0. The minimum atomic E-state index is -0.373. The predicted molar refractivity (Wildman–Crippen MR) is 90.5 cm³/mol. The van der Waals surface area contributed by atoms with Crippen LogP contribution in [-0.4, -0.2) is 47.8 Å². The lowest BCUT2D eigenvalue weighted by molar-refractivity contribution is -0.134. The fraction of sp³-hybridized carbons (Fsp3) is 0.556. The van der Waals surface area contributed by atoms with Gasteiger partial charge < -0.3 is 10.6 Å². The van der Waals surface area contributed by atoms with Gasteiger partial charge in [-0.1, -0.05) is 37.3 Å². The molecule has 1 aromatic rings. The topological polar surface area (TPSA) is 66.6 Å². The molecule has 1 saturated heterocycles. The number of hydrogen-bond acceptors (Lipinski definition) is 3. The molecule has 1 aliphatic heterocycles. The third-order valence-corrected chi connectivity index (χ3v) is 4.30. The van der Waals surface area contributed by atoms with Crippen LogP contribution < -0.4 is 5.73 Å². The lowest BCUT2D eigenvalue weighted by atomic mass is 10.0. The molecule has 1 aromatic carbocycles. The van der Waals surface area contributed by atoms with Gasteiger partial charge in [-0.2, -0.15) is 0 Å². The molecule has 126 valence electrons. The molecule has 1 heterocycles. The first-order valence-electron chi connectivity index (χ1n) is 8.37. The van der Waals surface area contributed by atoms with Crippen LogP contribution in [0.25, 0.3) is 0 Å². The van der Waals surface area contributed by atoms with Crippen molar-refractivity contribution in [3.63, 3.8) is 0 Å². The van der Waals surface area contributed by atoms with Crippen molar-refractivity contribution in [2.75, 3.05) is 26.2 Å². The molecule has 2 rings (SSSR count). The maximum absolute atomic E-state index is 12.7. The van der Waals surface area contributed by atoms with E-state index in [1.807, 2.05) is 30.3 Å². The number of primary amides is 1. The summed E-state index contributed by atoms with van der Waals surface area (Å²) in [5.74, 6) is 0.344. The quantitative estimate of drug-likeness (QED) is 0.831. The Kier molecular flexibility index (Phi) is 6.59. The molecule has 1 atom stereocenters. The van der Waals surface area contributed by atoms with E-state index in [2.05, 4.69) is 11.8 Å². The first kappa shape index (κ1) is 17.5. The zero-order valence-corrected chi connectivity index (χ0v) is 13.9. The van der Waals surface area contributed by atoms with Crippen LogP contribution >= 0.6 is 0 Å². The largest absolute Gasteiger partial charge is 0.370 e. The molecule has 23 heavy (non-hydrogen) atoms. The van der Waals surface area contributed by atoms with Gasteiger partial charge in [0.05, 0.1) is 6.54 Å². The van der Waals surface area contributed by atoms with E-state index in [0.717, 1.165) is 25.1 Å². The number of piperidine rings is 1. The van der Waals surface area contributed by atoms with Crippen LogP contribution in [0.3, 0.4) is 0 Å². The zero-order valence-electron chi connectivity index (χ0n) is 13.9. The van der Waals surface area contributed by atoms with Crippen LogP contribution in [0, 0.1) is 5.92 Å². The van der Waals surface area contributed by atoms with Gasteiger partial charge in [-0.05, 0) is 30.9 Å². The van der Waals surface area contributed by atoms with E-state index in [1.165, 1.54) is 6.42 Å². The zero-order chi connectivity index (χ0) is 16.7. The molecule has 1 aliphatic rings. The van der Waals surface area contributed by atoms with Gasteiger partial charge in [-0.15, -0.1) is 0 Å². The van der Waals surface area contributed by atoms with Crippen LogP contribution in [0.5, 0.6) is 0 Å². The van der Waals surface area contributed by atoms with Gasteiger partial charge in [-0.3, -0.25) is 14.5 Å². The molecule has 0 aromatic heterocycles. The minimum absolute atomic E-state index is 0.0733. The van der Waals surface area contributed by atoms with Gasteiger partial charge in [0.25, 0.3) is 0 Å². The van der Waals surface area contributed by atoms with Crippen molar-refractivity contribution in [2.24, 2.45) is 11.7 Å². The van der Waals surface area contributed by atoms with E-state index in [1.54, 1.807) is 4.90 Å². The standard InChI is InChI=1S/C18H27N3O2/c1-15-6-5-10-20(12-15)14-18(23)21(11-9-17(19)22)13-16-7-3-2-4-8-16/h2-4,7-8,15H,5-6,9-14H2,1H3,(H2,19,22). The summed E-state index contributed by atoms with van der Waals surface area (Å²) in [5, 5.41) is 0. The maximum Gasteiger partial charge on any atom is 0.237 e. The Balaban J connectivity index is 1.96. The lowest BCUT2D eigenvalue weighted by Crippen LogP contribution is -2.44. The van der Waals surface area contributed by atoms with Gasteiger partial charge >= 0.3 is 0 Å². The molecule has 1 fully saturated rings. The second-order valence-electron chi connectivity index (χ2n) is 6.50. The molecule has 5 nitrogen and oxygen atoms in total. The van der Waals surface area contributed by atoms with Gasteiger partial charge in [0.1, 0.15) is 0 Å². The average Bonchev–Trinajstić information content (AvgIpc) is 2.52. The molecule has 0 radical (unpaired) electrons. The fourth-order valence-corrected chi connectivity index (χ4v) is 3.06. The molecule has 1 unspecified atom stereocenters. The first-order valence-corrected chi connectivity index (χ1v) is 8.37. The van der Waals surface area contributed by atoms with Crippen molar-refractivity contribution < 1.29 is 9.59 Å². The molecule has 2 N–H and O–H groups in total. The summed E-state index contributed by atoms with van der Waals surface area (Å²) in [7, 11) is 0. The van der Waals surface area contributed by atoms with Crippen LogP contribution in [0.2, 0.25) is 0 Å². The summed E-state index contributed by atoms with van der Waals surface area (Å²) in [4.78, 5) is 27.7. The summed E-state index contributed by atoms with van der Waals surface area (Å²) in [6.07, 6.45) is 2.59. The number of carbonyl (C=O) groups is 2. The summed E-state index contributed by atoms with van der Waals surface area (Å²) in [5.41, 5.74) is 6.32. The Hall–Kier alpha value is -1.88. The number of benzene rings is 1. The van der Waals surface area contributed by atoms with Crippen LogP contribution in [0.15, 0.2) is 30.3 Å². The molecule has 0 spiro atoms. The molecule has 0 bridgehead atoms. The van der Waals surface area contributed by atoms with E-state index in [9.17, 15) is 9.59 Å². The fourth-order valence-electron chi connectivity index (χ4n) is 3.06. The van der Waals surface area contributed by atoms with Crippen molar-refractivity contribution in [1.82, 2.24) is 9.80 Å². The van der Waals surface area contributed by atoms with E-state index >= 15 is 0 Å². The van der Waals surface area contributed by atoms with Crippen molar-refractivity contribution in [3.8, 4) is 0 Å². The minimum Gasteiger partial charge on any atom is -0.370 e. The van der Waals surface area contributed by atoms with Gasteiger partial charge in [0, 0.05) is 26.1 Å². The molecule has 5 heteroatoms. The average molecular weight is 317 g/mol. The molecule has 0 saturated carbocycles. The van der Waals surface area contributed by atoms with E-state index < -0.39 is 0 Å². The van der Waals surface area contributed by atoms with Crippen molar-refractivity contribution in [2.45, 2.75) is 32.7 Å². The molecule has 2 amide bonds. The lowest BCUT2D eigenvalue weighted by Gasteiger charge is -2.32. The Labute approximate surface area is 138 Å². The Morgan fingerprint density at radius 2 is 2.04 bits per heavy atom. The predicted octanol–water partition coefficient (Wildman–Crippen LogP) is 1.62. The third kappa shape index (κ3) is 6.02. The van der Waals surface area contributed by atoms with Gasteiger partial charge in [0.15, 0.2) is 0 Å². The highest BCUT2D eigenvalue weighted by Gasteiger charge is 2.22. The second-order valence-corrected chi connectivity index (χ2v) is 6.50. The van der Waals surface area contributed by atoms with Crippen molar-refractivity contribution in [3.05, 3.63) is 35.9 Å². The van der Waals surface area contributed by atoms with Crippen molar-refractivity contribution in [1.29, 1.82) is 0 Å². The number of nitrogens with zero attached hydrogens (tertiary/aromatic N) is 2. The van der Waals surface area contributed by atoms with Gasteiger partial charge in [0.2, 0.25) is 11.8 Å². The number of amides is 2. The van der Waals surface area contributed by atoms with E-state index in [-0.39, 0.29) is 18.2 Å². The van der Waals surface area contributed by atoms with Crippen LogP contribution in [-0.2, 0) is 16.1 Å². The molecule has 0 aliphatic carbocycles. The van der Waals surface area contributed by atoms with Crippen LogP contribution in [0.4, 0.5) is 0 Å². The molecular formula is C18H27N3O2. The Bertz CT molecular complexity index is 518. The molecular weight excluding hydrogens is 290 g/mol. The second kappa shape index (κ2) is 8.67. The number of likely N-dealkylation sites (tertiary alicyclic amines) is 1. The first-order chi connectivity index (χ1) is 11.0. The third-order valence-electron chi connectivity index (χ3n) is 4.30. The maximum atomic E-state index is 12.7. The normalized spacial score (nSPS) is 18.6. The highest BCUT2D eigenvalue weighted by Crippen LogP contribution is 2.15. The summed E-state index contributed by atoms with van der Waals surface area (Å²) in [6.45, 7) is 5.51. The van der Waals surface area contributed by atoms with E-state index in [4.69, 9.17) is 5.73 Å². The Morgan fingerprint density at radius 3 is 2.70 bits per heavy atom. The summed E-state index contributed by atoms with van der Waals surface area (Å²) >= 11 is 0. The highest BCUT2D eigenvalue weighted by atomic mass is 16.2. The van der Waals surface area contributed by atoms with Gasteiger partial charge in [-0.25, -0.2) is 0 Å². The van der Waals surface area contributed by atoms with Crippen molar-refractivity contribution >= 4 is 11.8 Å². The highest BCUT2D eigenvalue weighted by molar-refractivity contribution is 5.79. The van der Waals surface area contributed by atoms with E-state index in [0.29, 0.717) is 25.6 Å². The smallest absolute Gasteiger partial charge is 0.237 e. The SMILES string of the molecule is CC1CCCN(CC(=O)N(CCC(N)=O)Cc2ccccc2)C1. The number of hydrogen-bond donors (Lipinski definition) is 1. The number of carbonyl (C=O) groups excluding carboxylic acids is 2. The summed E-state index contributed by atoms with van der Waals surface area (Å²) in [6, 6.07) is 9.85. The number of rotatable bonds is 7. The van der Waals surface area contributed by atoms with Crippen LogP contribution in [0.1, 0.15) is 31.7 Å².